The standard InChI is InChI=1S/C22H16FN3O3S/c1-11(2)20-24-25-22(30-20)26-17(12-7-9-13(23)10-8-12)16-18(27)14-5-3-4-6-15(14)29-19(16)21(26)28/h3-11,17H,1-2H3/t17-/m0/s1. The summed E-state index contributed by atoms with van der Waals surface area (Å²) < 4.78 is 19.4. The van der Waals surface area contributed by atoms with Crippen molar-refractivity contribution in [3.8, 4) is 0 Å². The summed E-state index contributed by atoms with van der Waals surface area (Å²) in [6.45, 7) is 3.97. The highest BCUT2D eigenvalue weighted by Crippen LogP contribution is 2.42. The summed E-state index contributed by atoms with van der Waals surface area (Å²) in [7, 11) is 0. The number of carbonyl (C=O) groups is 1. The molecule has 150 valence electrons. The van der Waals surface area contributed by atoms with Crippen molar-refractivity contribution in [3.05, 3.63) is 86.5 Å². The molecular weight excluding hydrogens is 405 g/mol. The Kier molecular flexibility index (Phi) is 4.25. The van der Waals surface area contributed by atoms with Crippen LogP contribution in [0.1, 0.15) is 52.5 Å². The molecule has 2 aromatic carbocycles. The lowest BCUT2D eigenvalue weighted by molar-refractivity contribution is 0.0970. The number of para-hydroxylation sites is 1. The van der Waals surface area contributed by atoms with Gasteiger partial charge in [0.25, 0.3) is 5.91 Å². The monoisotopic (exact) mass is 421 g/mol. The number of hydrogen-bond acceptors (Lipinski definition) is 6. The molecule has 5 rings (SSSR count). The highest BCUT2D eigenvalue weighted by molar-refractivity contribution is 7.15. The minimum absolute atomic E-state index is 0.0191. The van der Waals surface area contributed by atoms with E-state index in [0.717, 1.165) is 5.01 Å². The van der Waals surface area contributed by atoms with Crippen LogP contribution in [-0.4, -0.2) is 16.1 Å². The first-order valence-electron chi connectivity index (χ1n) is 9.44. The van der Waals surface area contributed by atoms with E-state index in [9.17, 15) is 14.0 Å². The van der Waals surface area contributed by atoms with Crippen LogP contribution in [0.3, 0.4) is 0 Å². The minimum atomic E-state index is -0.776. The molecule has 1 aliphatic heterocycles. The van der Waals surface area contributed by atoms with Crippen LogP contribution in [0.2, 0.25) is 0 Å². The van der Waals surface area contributed by atoms with Crippen LogP contribution in [0.25, 0.3) is 11.0 Å². The zero-order valence-electron chi connectivity index (χ0n) is 16.1. The molecule has 2 aromatic heterocycles. The number of amides is 1. The van der Waals surface area contributed by atoms with Gasteiger partial charge in [-0.25, -0.2) is 4.39 Å². The number of aromatic nitrogens is 2. The topological polar surface area (TPSA) is 76.3 Å². The van der Waals surface area contributed by atoms with Crippen LogP contribution in [0.5, 0.6) is 0 Å². The second kappa shape index (κ2) is 6.84. The molecule has 1 atom stereocenters. The van der Waals surface area contributed by atoms with E-state index in [2.05, 4.69) is 10.2 Å². The maximum absolute atomic E-state index is 13.6. The molecule has 4 aromatic rings. The third-order valence-corrected chi connectivity index (χ3v) is 6.32. The highest BCUT2D eigenvalue weighted by Gasteiger charge is 2.45. The zero-order valence-corrected chi connectivity index (χ0v) is 16.9. The fourth-order valence-electron chi connectivity index (χ4n) is 3.63. The molecule has 0 bridgehead atoms. The second-order valence-electron chi connectivity index (χ2n) is 7.38. The van der Waals surface area contributed by atoms with E-state index in [0.29, 0.717) is 21.7 Å². The molecule has 0 unspecified atom stereocenters. The normalized spacial score (nSPS) is 15.9. The van der Waals surface area contributed by atoms with Crippen molar-refractivity contribution in [2.75, 3.05) is 4.90 Å². The minimum Gasteiger partial charge on any atom is -0.450 e. The molecule has 3 heterocycles. The second-order valence-corrected chi connectivity index (χ2v) is 8.36. The first-order valence-corrected chi connectivity index (χ1v) is 10.3. The molecule has 0 saturated heterocycles. The smallest absolute Gasteiger partial charge is 0.297 e. The Bertz CT molecular complexity index is 1340. The lowest BCUT2D eigenvalue weighted by Crippen LogP contribution is -2.29. The van der Waals surface area contributed by atoms with Gasteiger partial charge >= 0.3 is 0 Å². The predicted molar refractivity (Wildman–Crippen MR) is 112 cm³/mol. The summed E-state index contributed by atoms with van der Waals surface area (Å²) in [5.41, 5.74) is 0.874. The SMILES string of the molecule is CC(C)c1nnc(N2C(=O)c3oc4ccccc4c(=O)c3[C@@H]2c2ccc(F)cc2)s1. The van der Waals surface area contributed by atoms with Gasteiger partial charge in [-0.1, -0.05) is 49.4 Å². The number of halogens is 1. The van der Waals surface area contributed by atoms with Crippen LogP contribution in [0, 0.1) is 5.82 Å². The fraction of sp³-hybridized carbons (Fsp3) is 0.182. The van der Waals surface area contributed by atoms with Gasteiger partial charge in [-0.3, -0.25) is 14.5 Å². The van der Waals surface area contributed by atoms with E-state index < -0.39 is 17.8 Å². The quantitative estimate of drug-likeness (QED) is 0.481. The Morgan fingerprint density at radius 3 is 2.50 bits per heavy atom. The number of benzene rings is 2. The van der Waals surface area contributed by atoms with E-state index in [4.69, 9.17) is 4.42 Å². The van der Waals surface area contributed by atoms with E-state index in [1.165, 1.54) is 28.4 Å². The van der Waals surface area contributed by atoms with Gasteiger partial charge in [0.15, 0.2) is 5.43 Å². The van der Waals surface area contributed by atoms with Crippen molar-refractivity contribution in [3.63, 3.8) is 0 Å². The molecule has 0 spiro atoms. The number of fused-ring (bicyclic) bond motifs is 2. The summed E-state index contributed by atoms with van der Waals surface area (Å²) in [5, 5.41) is 9.91. The van der Waals surface area contributed by atoms with Gasteiger partial charge in [-0.05, 0) is 29.8 Å². The highest BCUT2D eigenvalue weighted by atomic mass is 32.1. The number of rotatable bonds is 3. The van der Waals surface area contributed by atoms with Gasteiger partial charge < -0.3 is 4.42 Å². The lowest BCUT2D eigenvalue weighted by atomic mass is 9.99. The largest absolute Gasteiger partial charge is 0.450 e. The van der Waals surface area contributed by atoms with Gasteiger partial charge in [0.1, 0.15) is 16.4 Å². The molecule has 0 N–H and O–H groups in total. The molecular formula is C22H16FN3O3S. The zero-order chi connectivity index (χ0) is 21.0. The number of hydrogen-bond donors (Lipinski definition) is 0. The van der Waals surface area contributed by atoms with Gasteiger partial charge in [-0.2, -0.15) is 0 Å². The molecule has 1 aliphatic rings. The summed E-state index contributed by atoms with van der Waals surface area (Å²) in [6.07, 6.45) is 0. The van der Waals surface area contributed by atoms with E-state index in [-0.39, 0.29) is 22.7 Å². The number of anilines is 1. The third-order valence-electron chi connectivity index (χ3n) is 5.09. The number of nitrogens with zero attached hydrogens (tertiary/aromatic N) is 3. The molecule has 0 fully saturated rings. The van der Waals surface area contributed by atoms with Crippen molar-refractivity contribution in [1.29, 1.82) is 0 Å². The molecule has 1 amide bonds. The summed E-state index contributed by atoms with van der Waals surface area (Å²) in [6, 6.07) is 11.8. The van der Waals surface area contributed by atoms with Crippen LogP contribution in [0.4, 0.5) is 9.52 Å². The maximum atomic E-state index is 13.6. The Labute approximate surface area is 174 Å². The van der Waals surface area contributed by atoms with Crippen molar-refractivity contribution >= 4 is 33.3 Å². The molecule has 8 heteroatoms. The Morgan fingerprint density at radius 2 is 1.80 bits per heavy atom. The van der Waals surface area contributed by atoms with Crippen LogP contribution in [-0.2, 0) is 0 Å². The lowest BCUT2D eigenvalue weighted by Gasteiger charge is -2.22. The first-order chi connectivity index (χ1) is 14.5. The van der Waals surface area contributed by atoms with Crippen LogP contribution in [0.15, 0.2) is 57.7 Å². The van der Waals surface area contributed by atoms with Crippen molar-refractivity contribution in [1.82, 2.24) is 10.2 Å². The Morgan fingerprint density at radius 1 is 1.07 bits per heavy atom. The molecule has 0 saturated carbocycles. The Hall–Kier alpha value is -3.39. The van der Waals surface area contributed by atoms with Gasteiger partial charge in [-0.15, -0.1) is 10.2 Å². The Balaban J connectivity index is 1.78. The van der Waals surface area contributed by atoms with Gasteiger partial charge in [0.05, 0.1) is 17.0 Å². The summed E-state index contributed by atoms with van der Waals surface area (Å²) in [5.74, 6) is -0.746. The summed E-state index contributed by atoms with van der Waals surface area (Å²) in [4.78, 5) is 28.2. The molecule has 0 radical (unpaired) electrons. The van der Waals surface area contributed by atoms with Crippen LogP contribution >= 0.6 is 11.3 Å². The number of carbonyl (C=O) groups excluding carboxylic acids is 1. The van der Waals surface area contributed by atoms with E-state index in [1.807, 2.05) is 13.8 Å². The van der Waals surface area contributed by atoms with E-state index in [1.54, 1.807) is 36.4 Å². The predicted octanol–water partition coefficient (Wildman–Crippen LogP) is 4.66. The summed E-state index contributed by atoms with van der Waals surface area (Å²) >= 11 is 1.29. The van der Waals surface area contributed by atoms with Gasteiger partial charge in [0, 0.05) is 5.92 Å². The maximum Gasteiger partial charge on any atom is 0.297 e. The average Bonchev–Trinajstić information content (AvgIpc) is 3.33. The van der Waals surface area contributed by atoms with Crippen molar-refractivity contribution in [2.45, 2.75) is 25.8 Å². The van der Waals surface area contributed by atoms with Gasteiger partial charge in [0.2, 0.25) is 10.9 Å². The molecule has 0 aliphatic carbocycles. The average molecular weight is 421 g/mol. The van der Waals surface area contributed by atoms with Crippen molar-refractivity contribution < 1.29 is 13.6 Å². The molecule has 6 nitrogen and oxygen atoms in total. The van der Waals surface area contributed by atoms with E-state index >= 15 is 0 Å². The molecule has 30 heavy (non-hydrogen) atoms. The van der Waals surface area contributed by atoms with Crippen molar-refractivity contribution in [2.24, 2.45) is 0 Å². The third kappa shape index (κ3) is 2.75. The first kappa shape index (κ1) is 18.6. The van der Waals surface area contributed by atoms with Crippen LogP contribution < -0.4 is 10.3 Å². The fourth-order valence-corrected chi connectivity index (χ4v) is 4.51.